The lowest BCUT2D eigenvalue weighted by atomic mass is 10.1. The molecule has 0 spiro atoms. The molecule has 0 radical (unpaired) electrons. The largest absolute Gasteiger partial charge is 0.0759 e. The van der Waals surface area contributed by atoms with Crippen LogP contribution in [0.1, 0.15) is 37.5 Å². The molecule has 2 heteroatoms. The molecule has 0 N–H and O–H groups in total. The first-order valence-corrected chi connectivity index (χ1v) is 13.9. The van der Waals surface area contributed by atoms with Crippen LogP contribution in [-0.2, 0) is 0 Å². The molecule has 29 heavy (non-hydrogen) atoms. The summed E-state index contributed by atoms with van der Waals surface area (Å²) in [7, 11) is -0.133. The Bertz CT molecular complexity index is 870. The lowest BCUT2D eigenvalue weighted by molar-refractivity contribution is 1.10. The molecule has 154 valence electrons. The van der Waals surface area contributed by atoms with E-state index in [-0.39, 0.29) is 15.8 Å². The van der Waals surface area contributed by atoms with Crippen molar-refractivity contribution in [2.75, 3.05) is 12.8 Å². The fourth-order valence-electron chi connectivity index (χ4n) is 3.30. The van der Waals surface area contributed by atoms with E-state index in [4.69, 9.17) is 0 Å². The molecule has 0 amide bonds. The van der Waals surface area contributed by atoms with E-state index in [1.54, 1.807) is 5.30 Å². The SMILES string of the molecule is CC(C)P(C)c1ccccc1.CCP(c1ccccc1)c1cc(C)c(C)cc1C. The molecule has 0 heterocycles. The van der Waals surface area contributed by atoms with E-state index >= 15 is 0 Å². The number of rotatable bonds is 5. The molecule has 0 nitrogen and oxygen atoms in total. The minimum Gasteiger partial charge on any atom is -0.0759 e. The maximum atomic E-state index is 2.40. The summed E-state index contributed by atoms with van der Waals surface area (Å²) >= 11 is 0. The topological polar surface area (TPSA) is 0 Å². The molecule has 3 aromatic carbocycles. The van der Waals surface area contributed by atoms with Crippen molar-refractivity contribution >= 4 is 31.8 Å². The number of hydrogen-bond donors (Lipinski definition) is 0. The molecule has 0 saturated heterocycles. The quantitative estimate of drug-likeness (QED) is 0.393. The average Bonchev–Trinajstić information content (AvgIpc) is 2.73. The molecule has 0 aliphatic heterocycles. The van der Waals surface area contributed by atoms with Crippen LogP contribution in [0.2, 0.25) is 0 Å². The standard InChI is InChI=1S/C17H21P.C10H15P/c1-5-18(16-9-7-6-8-10-16)17-12-14(3)13(2)11-15(17)4;1-9(2)11(3)10-7-5-4-6-8-10/h6-12H,5H2,1-4H3;4-9H,1-3H3. The monoisotopic (exact) mass is 422 g/mol. The highest BCUT2D eigenvalue weighted by molar-refractivity contribution is 7.73. The Hall–Kier alpha value is -1.48. The summed E-state index contributed by atoms with van der Waals surface area (Å²) in [5, 5.41) is 4.54. The first-order chi connectivity index (χ1) is 13.8. The Morgan fingerprint density at radius 2 is 1.17 bits per heavy atom. The van der Waals surface area contributed by atoms with E-state index in [9.17, 15) is 0 Å². The Morgan fingerprint density at radius 3 is 1.66 bits per heavy atom. The normalized spacial score (nSPS) is 12.8. The van der Waals surface area contributed by atoms with Crippen molar-refractivity contribution in [3.8, 4) is 0 Å². The van der Waals surface area contributed by atoms with Gasteiger partial charge in [0.2, 0.25) is 0 Å². The molecule has 0 bridgehead atoms. The first kappa shape index (κ1) is 23.8. The minimum atomic E-state index is -0.198. The van der Waals surface area contributed by atoms with Crippen LogP contribution in [0.4, 0.5) is 0 Å². The van der Waals surface area contributed by atoms with Crippen LogP contribution >= 0.6 is 15.8 Å². The summed E-state index contributed by atoms with van der Waals surface area (Å²) < 4.78 is 0. The van der Waals surface area contributed by atoms with Gasteiger partial charge in [-0.3, -0.25) is 0 Å². The van der Waals surface area contributed by atoms with Crippen LogP contribution in [0.15, 0.2) is 72.8 Å². The Morgan fingerprint density at radius 1 is 0.690 bits per heavy atom. The summed E-state index contributed by atoms with van der Waals surface area (Å²) in [4.78, 5) is 0. The predicted molar refractivity (Wildman–Crippen MR) is 138 cm³/mol. The van der Waals surface area contributed by atoms with Crippen molar-refractivity contribution in [3.05, 3.63) is 89.5 Å². The van der Waals surface area contributed by atoms with Crippen molar-refractivity contribution in [2.24, 2.45) is 0 Å². The van der Waals surface area contributed by atoms with Gasteiger partial charge in [0.15, 0.2) is 0 Å². The number of hydrogen-bond acceptors (Lipinski definition) is 0. The fourth-order valence-corrected chi connectivity index (χ4v) is 6.89. The summed E-state index contributed by atoms with van der Waals surface area (Å²) in [6, 6.07) is 26.4. The first-order valence-electron chi connectivity index (χ1n) is 10.5. The summed E-state index contributed by atoms with van der Waals surface area (Å²) in [5.41, 5.74) is 5.05. The van der Waals surface area contributed by atoms with Gasteiger partial charge in [-0.25, -0.2) is 0 Å². The molecule has 3 aromatic rings. The zero-order valence-corrected chi connectivity index (χ0v) is 20.9. The van der Waals surface area contributed by atoms with Gasteiger partial charge in [0, 0.05) is 0 Å². The highest BCUT2D eigenvalue weighted by Crippen LogP contribution is 2.35. The van der Waals surface area contributed by atoms with Gasteiger partial charge in [-0.2, -0.15) is 0 Å². The molecular weight excluding hydrogens is 386 g/mol. The van der Waals surface area contributed by atoms with Crippen molar-refractivity contribution in [3.63, 3.8) is 0 Å². The lowest BCUT2D eigenvalue weighted by Gasteiger charge is -2.20. The second-order valence-corrected chi connectivity index (χ2v) is 13.1. The van der Waals surface area contributed by atoms with Gasteiger partial charge >= 0.3 is 0 Å². The van der Waals surface area contributed by atoms with Gasteiger partial charge in [0.1, 0.15) is 0 Å². The van der Waals surface area contributed by atoms with Crippen LogP contribution in [-0.4, -0.2) is 18.5 Å². The predicted octanol–water partition coefficient (Wildman–Crippen LogP) is 6.90. The van der Waals surface area contributed by atoms with Gasteiger partial charge in [-0.1, -0.05) is 101 Å². The highest BCUT2D eigenvalue weighted by atomic mass is 31.1. The van der Waals surface area contributed by atoms with Crippen LogP contribution in [0.3, 0.4) is 0 Å². The van der Waals surface area contributed by atoms with Gasteiger partial charge in [0.25, 0.3) is 0 Å². The lowest BCUT2D eigenvalue weighted by Crippen LogP contribution is -2.16. The fraction of sp³-hybridized carbons (Fsp3) is 0.333. The van der Waals surface area contributed by atoms with Crippen LogP contribution < -0.4 is 15.9 Å². The van der Waals surface area contributed by atoms with Gasteiger partial charge < -0.3 is 0 Å². The van der Waals surface area contributed by atoms with Crippen LogP contribution in [0.25, 0.3) is 0 Å². The molecule has 0 aliphatic carbocycles. The smallest absolute Gasteiger partial charge is 0.0163 e. The van der Waals surface area contributed by atoms with Gasteiger partial charge in [-0.15, -0.1) is 0 Å². The third-order valence-electron chi connectivity index (χ3n) is 5.43. The minimum absolute atomic E-state index is 0.0653. The number of benzene rings is 3. The van der Waals surface area contributed by atoms with Crippen LogP contribution in [0, 0.1) is 20.8 Å². The van der Waals surface area contributed by atoms with Crippen molar-refractivity contribution in [1.29, 1.82) is 0 Å². The zero-order chi connectivity index (χ0) is 21.4. The van der Waals surface area contributed by atoms with E-state index in [0.717, 1.165) is 5.66 Å². The molecule has 0 aromatic heterocycles. The summed E-state index contributed by atoms with van der Waals surface area (Å²) in [6.45, 7) is 15.9. The van der Waals surface area contributed by atoms with E-state index in [1.807, 2.05) is 0 Å². The maximum absolute atomic E-state index is 2.40. The molecule has 2 unspecified atom stereocenters. The van der Waals surface area contributed by atoms with Gasteiger partial charge in [0.05, 0.1) is 0 Å². The summed E-state index contributed by atoms with van der Waals surface area (Å²) in [6.07, 6.45) is 1.21. The molecule has 0 fully saturated rings. The second kappa shape index (κ2) is 11.6. The number of aryl methyl sites for hydroxylation is 3. The third-order valence-corrected chi connectivity index (χ3v) is 10.7. The van der Waals surface area contributed by atoms with Crippen molar-refractivity contribution in [1.82, 2.24) is 0 Å². The Kier molecular flexibility index (Phi) is 9.55. The highest BCUT2D eigenvalue weighted by Gasteiger charge is 2.14. The zero-order valence-electron chi connectivity index (χ0n) is 19.1. The summed E-state index contributed by atoms with van der Waals surface area (Å²) in [5.74, 6) is 0. The second-order valence-electron chi connectivity index (χ2n) is 7.84. The Balaban J connectivity index is 0.000000234. The van der Waals surface area contributed by atoms with E-state index in [0.29, 0.717) is 0 Å². The molecule has 3 rings (SSSR count). The van der Waals surface area contributed by atoms with Crippen LogP contribution in [0.5, 0.6) is 0 Å². The Labute approximate surface area is 181 Å². The molecule has 0 saturated carbocycles. The molecule has 0 aliphatic rings. The van der Waals surface area contributed by atoms with E-state index in [1.165, 1.54) is 33.5 Å². The molecular formula is C27H36P2. The molecule has 2 atom stereocenters. The van der Waals surface area contributed by atoms with Crippen molar-refractivity contribution < 1.29 is 0 Å². The van der Waals surface area contributed by atoms with Crippen molar-refractivity contribution in [2.45, 2.75) is 47.2 Å². The third kappa shape index (κ3) is 6.77. The van der Waals surface area contributed by atoms with Gasteiger partial charge in [-0.05, 0) is 79.8 Å². The van der Waals surface area contributed by atoms with E-state index in [2.05, 4.69) is 121 Å². The maximum Gasteiger partial charge on any atom is -0.0163 e. The average molecular weight is 423 g/mol. The van der Waals surface area contributed by atoms with E-state index < -0.39 is 0 Å².